The van der Waals surface area contributed by atoms with E-state index in [9.17, 15) is 32.4 Å². The fraction of sp³-hybridized carbons (Fsp3) is 0.615. The Balaban J connectivity index is 1.19. The van der Waals surface area contributed by atoms with E-state index in [1.165, 1.54) is 11.0 Å². The van der Waals surface area contributed by atoms with E-state index >= 15 is 0 Å². The summed E-state index contributed by atoms with van der Waals surface area (Å²) in [6.45, 7) is 8.24. The molecule has 3 aliphatic heterocycles. The number of rotatable bonds is 7. The molecule has 3 saturated carbocycles. The fourth-order valence-corrected chi connectivity index (χ4v) is 9.94. The van der Waals surface area contributed by atoms with E-state index in [0.29, 0.717) is 51.6 Å². The average Bonchev–Trinajstić information content (AvgIpc) is 4.02. The second-order valence-corrected chi connectivity index (χ2v) is 18.5. The zero-order valence-electron chi connectivity index (χ0n) is 31.1. The molecule has 54 heavy (non-hydrogen) atoms. The molecule has 0 spiro atoms. The number of carbonyl (C=O) groups is 5. The van der Waals surface area contributed by atoms with Crippen LogP contribution in [0.25, 0.3) is 6.08 Å². The Hall–Kier alpha value is -4.40. The van der Waals surface area contributed by atoms with Gasteiger partial charge in [0.15, 0.2) is 0 Å². The van der Waals surface area contributed by atoms with E-state index in [1.54, 1.807) is 4.90 Å². The van der Waals surface area contributed by atoms with Gasteiger partial charge in [0.2, 0.25) is 21.8 Å². The largest absolute Gasteiger partial charge is 0.444 e. The predicted molar refractivity (Wildman–Crippen MR) is 200 cm³/mol. The van der Waals surface area contributed by atoms with Gasteiger partial charge in [0.25, 0.3) is 5.91 Å². The van der Waals surface area contributed by atoms with Gasteiger partial charge in [0.1, 0.15) is 23.7 Å². The van der Waals surface area contributed by atoms with Gasteiger partial charge in [-0.2, -0.15) is 0 Å². The second-order valence-electron chi connectivity index (χ2n) is 16.6. The van der Waals surface area contributed by atoms with Crippen LogP contribution in [0.3, 0.4) is 0 Å². The summed E-state index contributed by atoms with van der Waals surface area (Å²) in [5.41, 5.74) is 0.850. The van der Waals surface area contributed by atoms with Gasteiger partial charge in [-0.1, -0.05) is 55.7 Å². The summed E-state index contributed by atoms with van der Waals surface area (Å²) >= 11 is 0. The van der Waals surface area contributed by atoms with E-state index in [4.69, 9.17) is 4.74 Å². The van der Waals surface area contributed by atoms with Crippen molar-refractivity contribution >= 4 is 45.9 Å². The number of hydrogen-bond acceptors (Lipinski definition) is 8. The number of allylic oxidation sites excluding steroid dienone is 1. The standard InChI is InChI=1S/C39H52N6O8S/c1-4-27-20-39(27,35(48)43-54(51,52)29-16-17-29)41-33(46)31-19-28-22-45(31)34(47)32(25-12-6-5-7-13-25)40-36(49)42-38(2,3)18-9-8-11-24-14-10-15-26-21-44(23-30(24)26)37(50)53-28/h4,8,10-11,14-15,25,27-29,31-32H,1,5-7,9,12-13,16-23H2,2-3H3,(H,41,46)(H,43,48)(H2,40,42,49)/t27-,28-,31+,32+,39-/m1/s1. The molecule has 292 valence electrons. The number of nitrogens with zero attached hydrogens (tertiary/aromatic N) is 2. The molecule has 1 aromatic rings. The number of ether oxygens (including phenoxy) is 1. The quantitative estimate of drug-likeness (QED) is 0.304. The van der Waals surface area contributed by atoms with Crippen molar-refractivity contribution < 1.29 is 37.1 Å². The van der Waals surface area contributed by atoms with Crippen LogP contribution in [0.5, 0.6) is 0 Å². The summed E-state index contributed by atoms with van der Waals surface area (Å²) in [5.74, 6) is -2.70. The molecule has 1 saturated heterocycles. The minimum atomic E-state index is -3.90. The van der Waals surface area contributed by atoms with Crippen LogP contribution in [0, 0.1) is 11.8 Å². The first kappa shape index (κ1) is 37.9. The molecule has 0 radical (unpaired) electrons. The van der Waals surface area contributed by atoms with Crippen molar-refractivity contribution in [1.29, 1.82) is 0 Å². The number of carbonyl (C=O) groups excluding carboxylic acids is 5. The lowest BCUT2D eigenvalue weighted by atomic mass is 9.83. The maximum absolute atomic E-state index is 14.7. The predicted octanol–water partition coefficient (Wildman–Crippen LogP) is 3.61. The Morgan fingerprint density at radius 2 is 1.81 bits per heavy atom. The molecular weight excluding hydrogens is 713 g/mol. The molecule has 4 bridgehead atoms. The highest BCUT2D eigenvalue weighted by Gasteiger charge is 2.62. The number of nitrogens with one attached hydrogen (secondary N) is 4. The molecule has 4 N–H and O–H groups in total. The van der Waals surface area contributed by atoms with Crippen molar-refractivity contribution in [3.63, 3.8) is 0 Å². The summed E-state index contributed by atoms with van der Waals surface area (Å²) in [6.07, 6.45) is 10.7. The van der Waals surface area contributed by atoms with Gasteiger partial charge < -0.3 is 25.6 Å². The van der Waals surface area contributed by atoms with Crippen LogP contribution < -0.4 is 20.7 Å². The van der Waals surface area contributed by atoms with Crippen LogP contribution in [-0.4, -0.2) is 89.1 Å². The molecule has 6 aliphatic rings. The molecule has 7 rings (SSSR count). The van der Waals surface area contributed by atoms with Crippen LogP contribution in [-0.2, 0) is 42.2 Å². The molecule has 1 aromatic carbocycles. The number of hydrogen-bond donors (Lipinski definition) is 4. The summed E-state index contributed by atoms with van der Waals surface area (Å²) in [7, 11) is -3.90. The van der Waals surface area contributed by atoms with Crippen LogP contribution in [0.15, 0.2) is 36.9 Å². The van der Waals surface area contributed by atoms with Crippen molar-refractivity contribution in [2.45, 2.75) is 132 Å². The summed E-state index contributed by atoms with van der Waals surface area (Å²) in [4.78, 5) is 72.9. The van der Waals surface area contributed by atoms with Gasteiger partial charge in [-0.05, 0) is 81.4 Å². The lowest BCUT2D eigenvalue weighted by Gasteiger charge is -2.36. The Morgan fingerprint density at radius 3 is 2.52 bits per heavy atom. The summed E-state index contributed by atoms with van der Waals surface area (Å²) in [6, 6.07) is 3.32. The molecule has 0 unspecified atom stereocenters. The maximum atomic E-state index is 14.7. The lowest BCUT2D eigenvalue weighted by Crippen LogP contribution is -2.61. The van der Waals surface area contributed by atoms with Crippen LogP contribution in [0.4, 0.5) is 9.59 Å². The number of amides is 6. The van der Waals surface area contributed by atoms with Gasteiger partial charge in [0.05, 0.1) is 18.3 Å². The van der Waals surface area contributed by atoms with Crippen molar-refractivity contribution in [3.8, 4) is 0 Å². The highest BCUT2D eigenvalue weighted by atomic mass is 32.2. The number of sulfonamides is 1. The minimum absolute atomic E-state index is 0.0501. The molecule has 3 aliphatic carbocycles. The SMILES string of the molecule is C=C[C@@H]1C[C@]1(NC(=O)[C@@H]1C[C@@H]2CN1C(=O)[C@H](C1CCCCC1)NC(=O)NC(C)(C)CCC=Cc1cccc3c1CN(C3)C(=O)O2)C(=O)NS(=O)(=O)C1CC1. The van der Waals surface area contributed by atoms with Gasteiger partial charge in [-0.3, -0.25) is 24.0 Å². The van der Waals surface area contributed by atoms with Crippen LogP contribution in [0.1, 0.15) is 101 Å². The molecule has 3 heterocycles. The molecule has 0 aromatic heterocycles. The van der Waals surface area contributed by atoms with E-state index in [1.807, 2.05) is 38.1 Å². The molecule has 14 nitrogen and oxygen atoms in total. The van der Waals surface area contributed by atoms with E-state index in [2.05, 4.69) is 33.3 Å². The highest BCUT2D eigenvalue weighted by molar-refractivity contribution is 7.91. The van der Waals surface area contributed by atoms with Gasteiger partial charge in [0, 0.05) is 24.4 Å². The third kappa shape index (κ3) is 7.87. The van der Waals surface area contributed by atoms with Crippen molar-refractivity contribution in [1.82, 2.24) is 30.5 Å². The highest BCUT2D eigenvalue weighted by Crippen LogP contribution is 2.45. The normalized spacial score (nSPS) is 30.2. The van der Waals surface area contributed by atoms with Crippen molar-refractivity contribution in [3.05, 3.63) is 53.6 Å². The van der Waals surface area contributed by atoms with Crippen LogP contribution in [0.2, 0.25) is 0 Å². The Morgan fingerprint density at radius 1 is 1.06 bits per heavy atom. The second kappa shape index (κ2) is 14.7. The number of fused-ring (bicyclic) bond motifs is 3. The minimum Gasteiger partial charge on any atom is -0.444 e. The van der Waals surface area contributed by atoms with E-state index in [0.717, 1.165) is 36.0 Å². The molecule has 4 fully saturated rings. The monoisotopic (exact) mass is 764 g/mol. The van der Waals surface area contributed by atoms with Gasteiger partial charge in [-0.25, -0.2) is 18.0 Å². The Labute approximate surface area is 316 Å². The zero-order valence-corrected chi connectivity index (χ0v) is 31.9. The van der Waals surface area contributed by atoms with Gasteiger partial charge in [-0.15, -0.1) is 6.58 Å². The number of benzene rings is 1. The smallest absolute Gasteiger partial charge is 0.410 e. The molecular formula is C39H52N6O8S. The van der Waals surface area contributed by atoms with Crippen molar-refractivity contribution in [2.75, 3.05) is 6.54 Å². The first-order valence-corrected chi connectivity index (χ1v) is 20.9. The van der Waals surface area contributed by atoms with E-state index in [-0.39, 0.29) is 25.3 Å². The van der Waals surface area contributed by atoms with Crippen molar-refractivity contribution in [2.24, 2.45) is 11.8 Å². The Kier molecular flexibility index (Phi) is 10.3. The zero-order chi connectivity index (χ0) is 38.4. The third-order valence-corrected chi connectivity index (χ3v) is 13.8. The topological polar surface area (TPSA) is 183 Å². The van der Waals surface area contributed by atoms with E-state index < -0.39 is 80.3 Å². The molecule has 15 heteroatoms. The maximum Gasteiger partial charge on any atom is 0.410 e. The third-order valence-electron chi connectivity index (χ3n) is 12.0. The fourth-order valence-electron chi connectivity index (χ4n) is 8.57. The average molecular weight is 765 g/mol. The summed E-state index contributed by atoms with van der Waals surface area (Å²) in [5, 5.41) is 8.18. The first-order chi connectivity index (χ1) is 25.7. The molecule has 6 amide bonds. The lowest BCUT2D eigenvalue weighted by molar-refractivity contribution is -0.142. The summed E-state index contributed by atoms with van der Waals surface area (Å²) < 4.78 is 33.6. The molecule has 5 atom stereocenters. The van der Waals surface area contributed by atoms with Gasteiger partial charge >= 0.3 is 12.1 Å². The van der Waals surface area contributed by atoms with Crippen LogP contribution >= 0.6 is 0 Å². The Bertz CT molecular complexity index is 1850. The number of urea groups is 1. The first-order valence-electron chi connectivity index (χ1n) is 19.3.